The Morgan fingerprint density at radius 3 is 2.70 bits per heavy atom. The predicted molar refractivity (Wildman–Crippen MR) is 93.4 cm³/mol. The van der Waals surface area contributed by atoms with E-state index in [0.29, 0.717) is 23.8 Å². The standard InChI is InChI=1S/C17H22N6/c1-3-4-9-19-17-21-15(18)14-16(22-17)23(11-20-14)10-13-7-5-12(2)6-8-13/h5-8,11H,3-4,9-10H2,1-2H3,(H3,18,19,21,22). The van der Waals surface area contributed by atoms with Crippen molar-refractivity contribution < 1.29 is 0 Å². The van der Waals surface area contributed by atoms with Gasteiger partial charge in [-0.05, 0) is 18.9 Å². The summed E-state index contributed by atoms with van der Waals surface area (Å²) in [6.45, 7) is 5.78. The van der Waals surface area contributed by atoms with Gasteiger partial charge >= 0.3 is 0 Å². The van der Waals surface area contributed by atoms with Crippen LogP contribution in [-0.2, 0) is 6.54 Å². The fourth-order valence-electron chi connectivity index (χ4n) is 2.43. The molecule has 6 nitrogen and oxygen atoms in total. The van der Waals surface area contributed by atoms with Crippen molar-refractivity contribution in [1.29, 1.82) is 0 Å². The zero-order chi connectivity index (χ0) is 16.2. The van der Waals surface area contributed by atoms with Gasteiger partial charge in [0.15, 0.2) is 11.5 Å². The monoisotopic (exact) mass is 310 g/mol. The molecule has 0 spiro atoms. The third-order valence-corrected chi connectivity index (χ3v) is 3.78. The number of hydrogen-bond acceptors (Lipinski definition) is 5. The van der Waals surface area contributed by atoms with E-state index in [2.05, 4.69) is 58.4 Å². The van der Waals surface area contributed by atoms with Crippen molar-refractivity contribution in [3.05, 3.63) is 41.7 Å². The van der Waals surface area contributed by atoms with Crippen LogP contribution in [0.5, 0.6) is 0 Å². The molecule has 2 heterocycles. The van der Waals surface area contributed by atoms with E-state index < -0.39 is 0 Å². The van der Waals surface area contributed by atoms with Crippen LogP contribution in [0.4, 0.5) is 11.8 Å². The van der Waals surface area contributed by atoms with E-state index >= 15 is 0 Å². The van der Waals surface area contributed by atoms with Crippen molar-refractivity contribution in [3.63, 3.8) is 0 Å². The molecule has 0 unspecified atom stereocenters. The molecule has 0 amide bonds. The van der Waals surface area contributed by atoms with Gasteiger partial charge in [-0.1, -0.05) is 43.2 Å². The molecule has 0 bridgehead atoms. The summed E-state index contributed by atoms with van der Waals surface area (Å²) in [7, 11) is 0. The molecule has 23 heavy (non-hydrogen) atoms. The maximum absolute atomic E-state index is 6.02. The van der Waals surface area contributed by atoms with Gasteiger partial charge in [0.25, 0.3) is 0 Å². The molecular weight excluding hydrogens is 288 g/mol. The maximum atomic E-state index is 6.02. The van der Waals surface area contributed by atoms with E-state index in [1.807, 2.05) is 4.57 Å². The summed E-state index contributed by atoms with van der Waals surface area (Å²) in [6, 6.07) is 8.45. The Morgan fingerprint density at radius 2 is 1.96 bits per heavy atom. The second-order valence-electron chi connectivity index (χ2n) is 5.74. The van der Waals surface area contributed by atoms with Gasteiger partial charge in [0.05, 0.1) is 12.9 Å². The lowest BCUT2D eigenvalue weighted by Gasteiger charge is -2.08. The molecule has 0 aliphatic heterocycles. The fraction of sp³-hybridized carbons (Fsp3) is 0.353. The third kappa shape index (κ3) is 3.41. The zero-order valence-corrected chi connectivity index (χ0v) is 13.6. The van der Waals surface area contributed by atoms with Gasteiger partial charge in [0.2, 0.25) is 5.95 Å². The molecule has 0 radical (unpaired) electrons. The van der Waals surface area contributed by atoms with E-state index in [1.165, 1.54) is 11.1 Å². The van der Waals surface area contributed by atoms with Crippen LogP contribution in [0.15, 0.2) is 30.6 Å². The molecule has 0 aliphatic rings. The van der Waals surface area contributed by atoms with E-state index in [1.54, 1.807) is 6.33 Å². The number of aromatic nitrogens is 4. The SMILES string of the molecule is CCCCNc1nc(N)c2ncn(Cc3ccc(C)cc3)c2n1. The van der Waals surface area contributed by atoms with Crippen LogP contribution < -0.4 is 11.1 Å². The first-order valence-electron chi connectivity index (χ1n) is 7.95. The molecule has 0 atom stereocenters. The number of imidazole rings is 1. The number of nitrogen functional groups attached to an aromatic ring is 1. The van der Waals surface area contributed by atoms with Gasteiger partial charge in [0.1, 0.15) is 5.52 Å². The summed E-state index contributed by atoms with van der Waals surface area (Å²) in [5, 5.41) is 3.22. The lowest BCUT2D eigenvalue weighted by Crippen LogP contribution is -2.08. The van der Waals surface area contributed by atoms with Gasteiger partial charge in [0, 0.05) is 6.54 Å². The summed E-state index contributed by atoms with van der Waals surface area (Å²) >= 11 is 0. The van der Waals surface area contributed by atoms with Gasteiger partial charge in [-0.15, -0.1) is 0 Å². The molecule has 120 valence electrons. The zero-order valence-electron chi connectivity index (χ0n) is 13.6. The number of fused-ring (bicyclic) bond motifs is 1. The van der Waals surface area contributed by atoms with Crippen LogP contribution >= 0.6 is 0 Å². The minimum atomic E-state index is 0.414. The number of anilines is 2. The van der Waals surface area contributed by atoms with Crippen LogP contribution in [0.1, 0.15) is 30.9 Å². The van der Waals surface area contributed by atoms with Crippen LogP contribution in [0.25, 0.3) is 11.2 Å². The van der Waals surface area contributed by atoms with E-state index in [4.69, 9.17) is 5.73 Å². The third-order valence-electron chi connectivity index (χ3n) is 3.78. The fourth-order valence-corrected chi connectivity index (χ4v) is 2.43. The number of rotatable bonds is 6. The van der Waals surface area contributed by atoms with E-state index in [0.717, 1.165) is 25.0 Å². The molecule has 1 aromatic carbocycles. The molecule has 0 fully saturated rings. The Labute approximate surface area is 135 Å². The first kappa shape index (κ1) is 15.3. The lowest BCUT2D eigenvalue weighted by atomic mass is 10.1. The summed E-state index contributed by atoms with van der Waals surface area (Å²) in [5.74, 6) is 0.978. The van der Waals surface area contributed by atoms with Gasteiger partial charge in [-0.2, -0.15) is 9.97 Å². The highest BCUT2D eigenvalue weighted by Gasteiger charge is 2.11. The Bertz CT molecular complexity index is 791. The molecule has 0 saturated carbocycles. The quantitative estimate of drug-likeness (QED) is 0.684. The van der Waals surface area contributed by atoms with Crippen LogP contribution in [0.2, 0.25) is 0 Å². The van der Waals surface area contributed by atoms with Crippen molar-refractivity contribution in [2.45, 2.75) is 33.2 Å². The normalized spacial score (nSPS) is 11.0. The Morgan fingerprint density at radius 1 is 1.17 bits per heavy atom. The molecule has 3 N–H and O–H groups in total. The molecular formula is C17H22N6. The van der Waals surface area contributed by atoms with Crippen molar-refractivity contribution in [1.82, 2.24) is 19.5 Å². The van der Waals surface area contributed by atoms with Gasteiger partial charge in [-0.3, -0.25) is 0 Å². The smallest absolute Gasteiger partial charge is 0.226 e. The number of nitrogens with two attached hydrogens (primary N) is 1. The molecule has 3 aromatic rings. The second-order valence-corrected chi connectivity index (χ2v) is 5.74. The number of nitrogens with one attached hydrogen (secondary N) is 1. The summed E-state index contributed by atoms with van der Waals surface area (Å²) in [4.78, 5) is 13.2. The van der Waals surface area contributed by atoms with Crippen molar-refractivity contribution >= 4 is 22.9 Å². The molecule has 3 rings (SSSR count). The number of aryl methyl sites for hydroxylation is 1. The minimum Gasteiger partial charge on any atom is -0.382 e. The van der Waals surface area contributed by atoms with Crippen LogP contribution in [0.3, 0.4) is 0 Å². The van der Waals surface area contributed by atoms with E-state index in [9.17, 15) is 0 Å². The Balaban J connectivity index is 1.89. The number of unbranched alkanes of at least 4 members (excludes halogenated alkanes) is 1. The van der Waals surface area contributed by atoms with Crippen molar-refractivity contribution in [2.24, 2.45) is 0 Å². The number of benzene rings is 1. The average molecular weight is 310 g/mol. The van der Waals surface area contributed by atoms with Gasteiger partial charge in [-0.25, -0.2) is 4.98 Å². The van der Waals surface area contributed by atoms with Crippen LogP contribution in [0, 0.1) is 6.92 Å². The Kier molecular flexibility index (Phi) is 4.41. The molecule has 2 aromatic heterocycles. The predicted octanol–water partition coefficient (Wildman–Crippen LogP) is 2.98. The first-order chi connectivity index (χ1) is 11.2. The van der Waals surface area contributed by atoms with Crippen LogP contribution in [-0.4, -0.2) is 26.1 Å². The summed E-state index contributed by atoms with van der Waals surface area (Å²) in [5.41, 5.74) is 9.88. The molecule has 0 aliphatic carbocycles. The highest BCUT2D eigenvalue weighted by Crippen LogP contribution is 2.19. The molecule has 0 saturated heterocycles. The first-order valence-corrected chi connectivity index (χ1v) is 7.95. The average Bonchev–Trinajstić information content (AvgIpc) is 2.93. The summed E-state index contributed by atoms with van der Waals surface area (Å²) in [6.07, 6.45) is 3.96. The topological polar surface area (TPSA) is 81.6 Å². The number of hydrogen-bond donors (Lipinski definition) is 2. The Hall–Kier alpha value is -2.63. The van der Waals surface area contributed by atoms with Gasteiger partial charge < -0.3 is 15.6 Å². The minimum absolute atomic E-state index is 0.414. The van der Waals surface area contributed by atoms with Crippen molar-refractivity contribution in [2.75, 3.05) is 17.6 Å². The lowest BCUT2D eigenvalue weighted by molar-refractivity contribution is 0.808. The second kappa shape index (κ2) is 6.64. The molecule has 6 heteroatoms. The maximum Gasteiger partial charge on any atom is 0.226 e. The number of nitrogens with zero attached hydrogens (tertiary/aromatic N) is 4. The van der Waals surface area contributed by atoms with E-state index in [-0.39, 0.29) is 0 Å². The highest BCUT2D eigenvalue weighted by atomic mass is 15.2. The highest BCUT2D eigenvalue weighted by molar-refractivity contribution is 5.82. The largest absolute Gasteiger partial charge is 0.382 e. The summed E-state index contributed by atoms with van der Waals surface area (Å²) < 4.78 is 2.00. The van der Waals surface area contributed by atoms with Crippen molar-refractivity contribution in [3.8, 4) is 0 Å².